The van der Waals surface area contributed by atoms with Crippen LogP contribution in [0.5, 0.6) is 11.5 Å². The second-order valence-corrected chi connectivity index (χ2v) is 6.62. The molecule has 0 aliphatic carbocycles. The van der Waals surface area contributed by atoms with Crippen molar-refractivity contribution in [2.75, 3.05) is 13.7 Å². The molecule has 0 fully saturated rings. The quantitative estimate of drug-likeness (QED) is 0.527. The number of amides is 1. The van der Waals surface area contributed by atoms with Crippen LogP contribution in [0.25, 0.3) is 0 Å². The fourth-order valence-electron chi connectivity index (χ4n) is 1.84. The van der Waals surface area contributed by atoms with E-state index in [0.717, 1.165) is 20.1 Å². The summed E-state index contributed by atoms with van der Waals surface area (Å²) in [7, 11) is 1.59. The largest absolute Gasteiger partial charge is 0.494 e. The molecule has 0 atom stereocenters. The SMILES string of the molecule is COc1c(Br)cc(C=NNC(=O)COc2ccc(C)cc2)cc1Br. The minimum atomic E-state index is -0.335. The van der Waals surface area contributed by atoms with Crippen molar-refractivity contribution >= 4 is 44.0 Å². The maximum Gasteiger partial charge on any atom is 0.277 e. The highest BCUT2D eigenvalue weighted by atomic mass is 79.9. The molecule has 0 aromatic heterocycles. The summed E-state index contributed by atoms with van der Waals surface area (Å²) in [6, 6.07) is 11.1. The van der Waals surface area contributed by atoms with Gasteiger partial charge in [0.25, 0.3) is 5.91 Å². The van der Waals surface area contributed by atoms with E-state index < -0.39 is 0 Å². The normalized spacial score (nSPS) is 10.7. The predicted octanol–water partition coefficient (Wildman–Crippen LogP) is 4.06. The van der Waals surface area contributed by atoms with Gasteiger partial charge >= 0.3 is 0 Å². The fraction of sp³-hybridized carbons (Fsp3) is 0.176. The molecule has 5 nitrogen and oxygen atoms in total. The standard InChI is InChI=1S/C17H16Br2N2O3/c1-11-3-5-13(6-4-11)24-10-16(22)21-20-9-12-7-14(18)17(23-2)15(19)8-12/h3-9H,10H2,1-2H3,(H,21,22). The topological polar surface area (TPSA) is 59.9 Å². The molecule has 2 aromatic rings. The van der Waals surface area contributed by atoms with Gasteiger partial charge < -0.3 is 9.47 Å². The number of nitrogens with one attached hydrogen (secondary N) is 1. The number of halogens is 2. The van der Waals surface area contributed by atoms with Gasteiger partial charge in [-0.1, -0.05) is 17.7 Å². The molecule has 2 aromatic carbocycles. The molecule has 0 unspecified atom stereocenters. The molecule has 0 aliphatic heterocycles. The number of nitrogens with zero attached hydrogens (tertiary/aromatic N) is 1. The Morgan fingerprint density at radius 3 is 2.42 bits per heavy atom. The Hall–Kier alpha value is -1.86. The van der Waals surface area contributed by atoms with Crippen LogP contribution in [0.1, 0.15) is 11.1 Å². The molecule has 2 rings (SSSR count). The number of carbonyl (C=O) groups excluding carboxylic acids is 1. The van der Waals surface area contributed by atoms with E-state index in [-0.39, 0.29) is 12.5 Å². The Labute approximate surface area is 157 Å². The van der Waals surface area contributed by atoms with E-state index >= 15 is 0 Å². The Kier molecular flexibility index (Phi) is 6.81. The van der Waals surface area contributed by atoms with Crippen molar-refractivity contribution < 1.29 is 14.3 Å². The van der Waals surface area contributed by atoms with Crippen LogP contribution < -0.4 is 14.9 Å². The first-order chi connectivity index (χ1) is 11.5. The third-order valence-electron chi connectivity index (χ3n) is 3.02. The highest BCUT2D eigenvalue weighted by Crippen LogP contribution is 2.33. The average molecular weight is 456 g/mol. The van der Waals surface area contributed by atoms with E-state index in [1.807, 2.05) is 43.3 Å². The summed E-state index contributed by atoms with van der Waals surface area (Å²) >= 11 is 6.82. The van der Waals surface area contributed by atoms with Gasteiger partial charge in [0.15, 0.2) is 6.61 Å². The number of methoxy groups -OCH3 is 1. The lowest BCUT2D eigenvalue weighted by Crippen LogP contribution is -2.24. The Morgan fingerprint density at radius 2 is 1.83 bits per heavy atom. The van der Waals surface area contributed by atoms with Gasteiger partial charge in [-0.15, -0.1) is 0 Å². The number of aryl methyl sites for hydroxylation is 1. The monoisotopic (exact) mass is 454 g/mol. The molecule has 0 aliphatic rings. The second-order valence-electron chi connectivity index (χ2n) is 4.91. The van der Waals surface area contributed by atoms with Gasteiger partial charge in [-0.3, -0.25) is 4.79 Å². The van der Waals surface area contributed by atoms with Crippen molar-refractivity contribution in [3.63, 3.8) is 0 Å². The summed E-state index contributed by atoms with van der Waals surface area (Å²) in [5.74, 6) is 1.00. The number of carbonyl (C=O) groups is 1. The number of benzene rings is 2. The summed E-state index contributed by atoms with van der Waals surface area (Å²) in [4.78, 5) is 11.7. The zero-order valence-corrected chi connectivity index (χ0v) is 16.3. The average Bonchev–Trinajstić information content (AvgIpc) is 2.54. The summed E-state index contributed by atoms with van der Waals surface area (Å²) in [6.45, 7) is 1.89. The van der Waals surface area contributed by atoms with Crippen LogP contribution >= 0.6 is 31.9 Å². The van der Waals surface area contributed by atoms with Crippen LogP contribution in [-0.4, -0.2) is 25.8 Å². The smallest absolute Gasteiger partial charge is 0.277 e. The summed E-state index contributed by atoms with van der Waals surface area (Å²) in [5.41, 5.74) is 4.36. The van der Waals surface area contributed by atoms with Crippen molar-refractivity contribution in [1.82, 2.24) is 5.43 Å². The van der Waals surface area contributed by atoms with Crippen molar-refractivity contribution in [3.8, 4) is 11.5 Å². The molecule has 126 valence electrons. The van der Waals surface area contributed by atoms with Crippen LogP contribution in [0.4, 0.5) is 0 Å². The molecule has 0 radical (unpaired) electrons. The molecular formula is C17H16Br2N2O3. The number of rotatable bonds is 6. The van der Waals surface area contributed by atoms with E-state index in [4.69, 9.17) is 9.47 Å². The van der Waals surface area contributed by atoms with Gasteiger partial charge in [0.2, 0.25) is 0 Å². The molecular weight excluding hydrogens is 440 g/mol. The van der Waals surface area contributed by atoms with E-state index in [0.29, 0.717) is 11.5 Å². The molecule has 1 amide bonds. The van der Waals surface area contributed by atoms with Crippen molar-refractivity contribution in [2.45, 2.75) is 6.92 Å². The molecule has 7 heteroatoms. The van der Waals surface area contributed by atoms with Gasteiger partial charge in [0.05, 0.1) is 22.3 Å². The molecule has 24 heavy (non-hydrogen) atoms. The summed E-state index contributed by atoms with van der Waals surface area (Å²) < 4.78 is 12.2. The van der Waals surface area contributed by atoms with Crippen LogP contribution in [0.2, 0.25) is 0 Å². The molecule has 0 saturated heterocycles. The zero-order valence-electron chi connectivity index (χ0n) is 13.2. The maximum atomic E-state index is 11.7. The van der Waals surface area contributed by atoms with Crippen molar-refractivity contribution in [1.29, 1.82) is 0 Å². The zero-order chi connectivity index (χ0) is 17.5. The van der Waals surface area contributed by atoms with Gasteiger partial charge in [0.1, 0.15) is 11.5 Å². The summed E-state index contributed by atoms with van der Waals surface area (Å²) in [5, 5.41) is 3.92. The Morgan fingerprint density at radius 1 is 1.21 bits per heavy atom. The van der Waals surface area contributed by atoms with Crippen molar-refractivity contribution in [2.24, 2.45) is 5.10 Å². The lowest BCUT2D eigenvalue weighted by molar-refractivity contribution is -0.123. The van der Waals surface area contributed by atoms with E-state index in [2.05, 4.69) is 42.4 Å². The van der Waals surface area contributed by atoms with Crippen molar-refractivity contribution in [3.05, 3.63) is 56.5 Å². The van der Waals surface area contributed by atoms with Gasteiger partial charge in [-0.25, -0.2) is 5.43 Å². The number of hydrogen-bond acceptors (Lipinski definition) is 4. The first kappa shape index (κ1) is 18.5. The van der Waals surface area contributed by atoms with Crippen LogP contribution in [-0.2, 0) is 4.79 Å². The molecule has 0 spiro atoms. The summed E-state index contributed by atoms with van der Waals surface area (Å²) in [6.07, 6.45) is 1.54. The first-order valence-electron chi connectivity index (χ1n) is 7.04. The van der Waals surface area contributed by atoms with Crippen LogP contribution in [0.15, 0.2) is 50.4 Å². The fourth-order valence-corrected chi connectivity index (χ4v) is 3.39. The van der Waals surface area contributed by atoms with Crippen LogP contribution in [0, 0.1) is 6.92 Å². The molecule has 0 heterocycles. The highest BCUT2D eigenvalue weighted by Gasteiger charge is 2.07. The lowest BCUT2D eigenvalue weighted by Gasteiger charge is -2.07. The Balaban J connectivity index is 1.87. The van der Waals surface area contributed by atoms with E-state index in [1.165, 1.54) is 0 Å². The van der Waals surface area contributed by atoms with E-state index in [1.54, 1.807) is 13.3 Å². The molecule has 0 bridgehead atoms. The van der Waals surface area contributed by atoms with Gasteiger partial charge in [0, 0.05) is 0 Å². The minimum absolute atomic E-state index is 0.101. The Bertz CT molecular complexity index is 723. The predicted molar refractivity (Wildman–Crippen MR) is 101 cm³/mol. The van der Waals surface area contributed by atoms with E-state index in [9.17, 15) is 4.79 Å². The maximum absolute atomic E-state index is 11.7. The number of hydrazone groups is 1. The third kappa shape index (κ3) is 5.35. The lowest BCUT2D eigenvalue weighted by atomic mass is 10.2. The van der Waals surface area contributed by atoms with Gasteiger partial charge in [-0.05, 0) is 68.6 Å². The van der Waals surface area contributed by atoms with Crippen LogP contribution in [0.3, 0.4) is 0 Å². The number of ether oxygens (including phenoxy) is 2. The molecule has 1 N–H and O–H groups in total. The van der Waals surface area contributed by atoms with Gasteiger partial charge in [-0.2, -0.15) is 5.10 Å². The third-order valence-corrected chi connectivity index (χ3v) is 4.20. The molecule has 0 saturated carbocycles. The number of hydrogen-bond donors (Lipinski definition) is 1. The minimum Gasteiger partial charge on any atom is -0.494 e. The first-order valence-corrected chi connectivity index (χ1v) is 8.62. The highest BCUT2D eigenvalue weighted by molar-refractivity contribution is 9.11. The second kappa shape index (κ2) is 8.84.